The molecule has 1 aliphatic rings. The highest BCUT2D eigenvalue weighted by Crippen LogP contribution is 2.38. The Morgan fingerprint density at radius 2 is 2.56 bits per heavy atom. The van der Waals surface area contributed by atoms with E-state index in [4.69, 9.17) is 5.11 Å². The van der Waals surface area contributed by atoms with Crippen LogP contribution >= 0.6 is 11.3 Å². The maximum atomic E-state index is 11.0. The van der Waals surface area contributed by atoms with E-state index in [9.17, 15) is 4.79 Å². The predicted molar refractivity (Wildman–Crippen MR) is 66.7 cm³/mol. The Morgan fingerprint density at radius 1 is 1.67 bits per heavy atom. The van der Waals surface area contributed by atoms with E-state index in [-0.39, 0.29) is 0 Å². The topological polar surface area (TPSA) is 90.9 Å². The van der Waals surface area contributed by atoms with E-state index in [0.29, 0.717) is 13.0 Å². The maximum Gasteiger partial charge on any atom is 0.312 e. The van der Waals surface area contributed by atoms with Crippen LogP contribution in [0.15, 0.2) is 12.4 Å². The molecule has 0 fully saturated rings. The fraction of sp³-hybridized carbons (Fsp3) is 0.364. The number of thiazole rings is 1. The first-order valence-electron chi connectivity index (χ1n) is 5.68. The van der Waals surface area contributed by atoms with Crippen LogP contribution in [0.3, 0.4) is 0 Å². The van der Waals surface area contributed by atoms with Crippen molar-refractivity contribution in [2.24, 2.45) is 0 Å². The molecule has 0 saturated carbocycles. The van der Waals surface area contributed by atoms with Gasteiger partial charge in [-0.1, -0.05) is 0 Å². The number of nitrogens with one attached hydrogen (secondary N) is 2. The smallest absolute Gasteiger partial charge is 0.312 e. The number of rotatable bonds is 4. The number of aryl methyl sites for hydroxylation is 1. The average molecular weight is 264 g/mol. The molecular formula is C11H12N4O2S. The molecule has 94 valence electrons. The number of aromatic amines is 1. The van der Waals surface area contributed by atoms with Gasteiger partial charge in [0, 0.05) is 17.3 Å². The number of hydrogen-bond acceptors (Lipinski definition) is 5. The van der Waals surface area contributed by atoms with E-state index in [1.54, 1.807) is 12.4 Å². The third-order valence-electron chi connectivity index (χ3n) is 2.98. The Kier molecular flexibility index (Phi) is 2.75. The molecule has 0 amide bonds. The van der Waals surface area contributed by atoms with E-state index < -0.39 is 11.9 Å². The summed E-state index contributed by atoms with van der Waals surface area (Å²) in [5.74, 6) is -0.382. The van der Waals surface area contributed by atoms with E-state index in [2.05, 4.69) is 20.3 Å². The van der Waals surface area contributed by atoms with Gasteiger partial charge in [0.2, 0.25) is 0 Å². The highest BCUT2D eigenvalue weighted by atomic mass is 32.1. The molecule has 3 N–H and O–H groups in total. The van der Waals surface area contributed by atoms with Gasteiger partial charge in [0.15, 0.2) is 5.13 Å². The standard InChI is InChI=1S/C11H12N4O2S/c16-10(17)6-1-2-7-9(6)15-11(18-7)14-5-8-12-3-4-13-8/h3-4,6H,1-2,5H2,(H,12,13)(H,14,15)(H,16,17). The SMILES string of the molecule is O=C(O)C1CCc2sc(NCc3ncc[nH]3)nc21. The van der Waals surface area contributed by atoms with Crippen LogP contribution in [0.4, 0.5) is 5.13 Å². The number of aliphatic carboxylic acids is 1. The molecule has 0 saturated heterocycles. The van der Waals surface area contributed by atoms with E-state index >= 15 is 0 Å². The van der Waals surface area contributed by atoms with E-state index in [1.807, 2.05) is 0 Å². The van der Waals surface area contributed by atoms with E-state index in [1.165, 1.54) is 11.3 Å². The zero-order chi connectivity index (χ0) is 12.5. The summed E-state index contributed by atoms with van der Waals surface area (Å²) in [6.45, 7) is 0.567. The van der Waals surface area contributed by atoms with Gasteiger partial charge in [-0.3, -0.25) is 4.79 Å². The minimum Gasteiger partial charge on any atom is -0.481 e. The third-order valence-corrected chi connectivity index (χ3v) is 4.07. The van der Waals surface area contributed by atoms with Crippen LogP contribution in [0.1, 0.15) is 28.7 Å². The van der Waals surface area contributed by atoms with Gasteiger partial charge in [-0.2, -0.15) is 0 Å². The largest absolute Gasteiger partial charge is 0.481 e. The Balaban J connectivity index is 1.72. The van der Waals surface area contributed by atoms with Gasteiger partial charge in [-0.25, -0.2) is 9.97 Å². The first-order valence-corrected chi connectivity index (χ1v) is 6.50. The molecule has 0 aliphatic heterocycles. The first kappa shape index (κ1) is 11.2. The summed E-state index contributed by atoms with van der Waals surface area (Å²) in [5, 5.41) is 13.0. The summed E-state index contributed by atoms with van der Waals surface area (Å²) in [6.07, 6.45) is 4.94. The second kappa shape index (κ2) is 4.41. The number of carboxylic acids is 1. The van der Waals surface area contributed by atoms with E-state index in [0.717, 1.165) is 27.9 Å². The van der Waals surface area contributed by atoms with Gasteiger partial charge in [-0.15, -0.1) is 11.3 Å². The van der Waals surface area contributed by atoms with Crippen molar-refractivity contribution in [3.63, 3.8) is 0 Å². The molecule has 0 aromatic carbocycles. The number of carboxylic acid groups (broad SMARTS) is 1. The second-order valence-corrected chi connectivity index (χ2v) is 5.23. The highest BCUT2D eigenvalue weighted by Gasteiger charge is 2.32. The number of anilines is 1. The average Bonchev–Trinajstić information content (AvgIpc) is 3.02. The van der Waals surface area contributed by atoms with Crippen molar-refractivity contribution in [3.05, 3.63) is 28.8 Å². The number of imidazole rings is 1. The Labute approximate surface area is 107 Å². The van der Waals surface area contributed by atoms with Crippen LogP contribution in [-0.4, -0.2) is 26.0 Å². The fourth-order valence-corrected chi connectivity index (χ4v) is 3.13. The molecule has 0 radical (unpaired) electrons. The van der Waals surface area contributed by atoms with Gasteiger partial charge in [0.25, 0.3) is 0 Å². The number of fused-ring (bicyclic) bond motifs is 1. The number of H-pyrrole nitrogens is 1. The lowest BCUT2D eigenvalue weighted by molar-refractivity contribution is -0.138. The number of hydrogen-bond donors (Lipinski definition) is 3. The maximum absolute atomic E-state index is 11.0. The summed E-state index contributed by atoms with van der Waals surface area (Å²) in [7, 11) is 0. The summed E-state index contributed by atoms with van der Waals surface area (Å²) < 4.78 is 0. The number of aromatic nitrogens is 3. The van der Waals surface area contributed by atoms with Crippen molar-refractivity contribution in [3.8, 4) is 0 Å². The molecule has 0 bridgehead atoms. The zero-order valence-corrected chi connectivity index (χ0v) is 10.3. The number of nitrogens with zero attached hydrogens (tertiary/aromatic N) is 2. The molecule has 6 nitrogen and oxygen atoms in total. The first-order chi connectivity index (χ1) is 8.74. The van der Waals surface area contributed by atoms with Crippen molar-refractivity contribution in [2.75, 3.05) is 5.32 Å². The normalized spacial score (nSPS) is 17.7. The molecule has 1 unspecified atom stereocenters. The van der Waals surface area contributed by atoms with Crippen molar-refractivity contribution in [1.29, 1.82) is 0 Å². The lowest BCUT2D eigenvalue weighted by Gasteiger charge is -2.02. The molecule has 1 aliphatic carbocycles. The number of carbonyl (C=O) groups is 1. The van der Waals surface area contributed by atoms with Crippen LogP contribution in [-0.2, 0) is 17.8 Å². The van der Waals surface area contributed by atoms with Gasteiger partial charge in [-0.05, 0) is 12.8 Å². The van der Waals surface area contributed by atoms with Gasteiger partial charge >= 0.3 is 5.97 Å². The van der Waals surface area contributed by atoms with Crippen molar-refractivity contribution >= 4 is 22.4 Å². The molecule has 3 rings (SSSR count). The van der Waals surface area contributed by atoms with Crippen LogP contribution in [0.5, 0.6) is 0 Å². The van der Waals surface area contributed by atoms with Crippen LogP contribution < -0.4 is 5.32 Å². The predicted octanol–water partition coefficient (Wildman–Crippen LogP) is 1.59. The lowest BCUT2D eigenvalue weighted by atomic mass is 10.1. The second-order valence-electron chi connectivity index (χ2n) is 4.15. The van der Waals surface area contributed by atoms with Crippen LogP contribution in [0.2, 0.25) is 0 Å². The van der Waals surface area contributed by atoms with Crippen LogP contribution in [0, 0.1) is 0 Å². The molecule has 1 atom stereocenters. The lowest BCUT2D eigenvalue weighted by Crippen LogP contribution is -2.09. The Bertz CT molecular complexity index is 564. The molecule has 2 aromatic heterocycles. The summed E-state index contributed by atoms with van der Waals surface area (Å²) in [6, 6.07) is 0. The molecule has 7 heteroatoms. The summed E-state index contributed by atoms with van der Waals surface area (Å²) >= 11 is 1.54. The monoisotopic (exact) mass is 264 g/mol. The van der Waals surface area contributed by atoms with Crippen molar-refractivity contribution < 1.29 is 9.90 Å². The molecule has 18 heavy (non-hydrogen) atoms. The minimum absolute atomic E-state index is 0.435. The quantitative estimate of drug-likeness (QED) is 0.780. The third kappa shape index (κ3) is 1.97. The van der Waals surface area contributed by atoms with Gasteiger partial charge < -0.3 is 15.4 Å². The molecule has 2 aromatic rings. The molecule has 0 spiro atoms. The molecular weight excluding hydrogens is 252 g/mol. The molecule has 2 heterocycles. The summed E-state index contributed by atoms with van der Waals surface area (Å²) in [5.41, 5.74) is 0.731. The highest BCUT2D eigenvalue weighted by molar-refractivity contribution is 7.15. The van der Waals surface area contributed by atoms with Crippen molar-refractivity contribution in [2.45, 2.75) is 25.3 Å². The fourth-order valence-electron chi connectivity index (χ4n) is 2.10. The summed E-state index contributed by atoms with van der Waals surface area (Å²) in [4.78, 5) is 23.6. The Hall–Kier alpha value is -1.89. The van der Waals surface area contributed by atoms with Gasteiger partial charge in [0.1, 0.15) is 11.7 Å². The Morgan fingerprint density at radius 3 is 3.28 bits per heavy atom. The van der Waals surface area contributed by atoms with Crippen LogP contribution in [0.25, 0.3) is 0 Å². The zero-order valence-electron chi connectivity index (χ0n) is 9.51. The van der Waals surface area contributed by atoms with Crippen molar-refractivity contribution in [1.82, 2.24) is 15.0 Å². The minimum atomic E-state index is -0.781. The van der Waals surface area contributed by atoms with Gasteiger partial charge in [0.05, 0.1) is 12.2 Å².